The fraction of sp³-hybridized carbons (Fsp3) is 0.286. The van der Waals surface area contributed by atoms with E-state index in [2.05, 4.69) is 27.0 Å². The van der Waals surface area contributed by atoms with Crippen molar-refractivity contribution < 1.29 is 23.9 Å². The lowest BCUT2D eigenvalue weighted by Gasteiger charge is -2.18. The molecule has 3 aromatic carbocycles. The predicted octanol–water partition coefficient (Wildman–Crippen LogP) is 6.26. The number of ketones is 1. The van der Waals surface area contributed by atoms with Gasteiger partial charge in [-0.1, -0.05) is 0 Å². The Morgan fingerprint density at radius 2 is 1.67 bits per heavy atom. The number of nitrogens with zero attached hydrogens (tertiary/aromatic N) is 3. The zero-order valence-corrected chi connectivity index (χ0v) is 26.6. The molecule has 0 unspecified atom stereocenters. The number of allylic oxidation sites excluding steroid dienone is 1. The van der Waals surface area contributed by atoms with E-state index in [4.69, 9.17) is 9.47 Å². The average Bonchev–Trinajstić information content (AvgIpc) is 3.48. The molecule has 2 heterocycles. The van der Waals surface area contributed by atoms with Crippen LogP contribution in [0.1, 0.15) is 45.3 Å². The first kappa shape index (κ1) is 31.3. The van der Waals surface area contributed by atoms with Gasteiger partial charge >= 0.3 is 6.03 Å². The first-order valence-corrected chi connectivity index (χ1v) is 14.9. The molecule has 0 saturated heterocycles. The molecule has 0 radical (unpaired) electrons. The van der Waals surface area contributed by atoms with E-state index in [1.54, 1.807) is 67.6 Å². The maximum absolute atomic E-state index is 13.4. The Morgan fingerprint density at radius 3 is 2.36 bits per heavy atom. The molecular formula is C35H39N5O5. The van der Waals surface area contributed by atoms with Crippen molar-refractivity contribution >= 4 is 46.1 Å². The van der Waals surface area contributed by atoms with Crippen molar-refractivity contribution in [3.05, 3.63) is 88.8 Å². The quantitative estimate of drug-likeness (QED) is 0.206. The first-order valence-electron chi connectivity index (χ1n) is 14.9. The summed E-state index contributed by atoms with van der Waals surface area (Å²) in [6.45, 7) is 6.44. The molecule has 0 atom stereocenters. The van der Waals surface area contributed by atoms with Gasteiger partial charge in [0.05, 0.1) is 12.7 Å². The Bertz CT molecular complexity index is 1790. The second-order valence-electron chi connectivity index (χ2n) is 11.3. The number of methoxy groups -OCH3 is 1. The van der Waals surface area contributed by atoms with E-state index in [-0.39, 0.29) is 17.4 Å². The summed E-state index contributed by atoms with van der Waals surface area (Å²) in [6.07, 6.45) is 2.66. The van der Waals surface area contributed by atoms with Crippen molar-refractivity contribution in [2.24, 2.45) is 0 Å². The molecule has 10 heteroatoms. The minimum atomic E-state index is -0.478. The highest BCUT2D eigenvalue weighted by Crippen LogP contribution is 2.36. The number of hydrogen-bond acceptors (Lipinski definition) is 6. The SMILES string of the molecule is CCn1c(C)c(C=C2Oc3ccc(NC(=O)Nc4ccc(C(=O)N(C)CCCN(C)C)cc4)cc3C2=O)c2cc(OC)ccc21. The van der Waals surface area contributed by atoms with E-state index in [0.717, 1.165) is 47.4 Å². The second kappa shape index (κ2) is 13.3. The van der Waals surface area contributed by atoms with E-state index in [0.29, 0.717) is 34.8 Å². The van der Waals surface area contributed by atoms with Crippen LogP contribution in [0.5, 0.6) is 11.5 Å². The number of aromatic nitrogens is 1. The molecule has 2 N–H and O–H groups in total. The molecule has 0 fully saturated rings. The monoisotopic (exact) mass is 609 g/mol. The van der Waals surface area contributed by atoms with Crippen LogP contribution in [-0.2, 0) is 6.54 Å². The summed E-state index contributed by atoms with van der Waals surface area (Å²) < 4.78 is 13.6. The standard InChI is InChI=1S/C35H39N5O5/c1-7-40-22(2)27(28-20-26(44-6)14-15-30(28)40)21-32-33(41)29-19-25(13-16-31(29)45-32)37-35(43)36-24-11-9-23(10-12-24)34(42)39(5)18-8-17-38(3)4/h9-16,19-21H,7-8,17-18H2,1-6H3,(H2,36,37,43). The Morgan fingerprint density at radius 1 is 0.956 bits per heavy atom. The largest absolute Gasteiger partial charge is 0.497 e. The molecular weight excluding hydrogens is 570 g/mol. The minimum absolute atomic E-state index is 0.0748. The lowest BCUT2D eigenvalue weighted by molar-refractivity contribution is 0.0790. The Balaban J connectivity index is 1.25. The van der Waals surface area contributed by atoms with E-state index in [1.807, 2.05) is 39.2 Å². The van der Waals surface area contributed by atoms with Crippen LogP contribution < -0.4 is 20.1 Å². The number of hydrogen-bond donors (Lipinski definition) is 2. The Hall–Kier alpha value is -5.09. The number of benzene rings is 3. The van der Waals surface area contributed by atoms with Gasteiger partial charge in [0.15, 0.2) is 5.76 Å². The summed E-state index contributed by atoms with van der Waals surface area (Å²) in [4.78, 5) is 42.7. The van der Waals surface area contributed by atoms with Crippen molar-refractivity contribution in [2.75, 3.05) is 52.0 Å². The van der Waals surface area contributed by atoms with Crippen molar-refractivity contribution in [1.29, 1.82) is 0 Å². The fourth-order valence-corrected chi connectivity index (χ4v) is 5.54. The van der Waals surface area contributed by atoms with Gasteiger partial charge < -0.3 is 34.5 Å². The molecule has 1 aromatic heterocycles. The lowest BCUT2D eigenvalue weighted by Crippen LogP contribution is -2.29. The van der Waals surface area contributed by atoms with Crippen LogP contribution in [0.3, 0.4) is 0 Å². The maximum atomic E-state index is 13.4. The second-order valence-corrected chi connectivity index (χ2v) is 11.3. The van der Waals surface area contributed by atoms with Crippen molar-refractivity contribution in [1.82, 2.24) is 14.4 Å². The van der Waals surface area contributed by atoms with Gasteiger partial charge in [0.2, 0.25) is 5.78 Å². The van der Waals surface area contributed by atoms with Gasteiger partial charge in [0.1, 0.15) is 11.5 Å². The Labute approximate surface area is 263 Å². The minimum Gasteiger partial charge on any atom is -0.497 e. The van der Waals surface area contributed by atoms with E-state index in [9.17, 15) is 14.4 Å². The van der Waals surface area contributed by atoms with Gasteiger partial charge in [-0.2, -0.15) is 0 Å². The van der Waals surface area contributed by atoms with E-state index in [1.165, 1.54) is 0 Å². The van der Waals surface area contributed by atoms with Crippen molar-refractivity contribution in [2.45, 2.75) is 26.8 Å². The van der Waals surface area contributed by atoms with Gasteiger partial charge in [-0.05, 0) is 108 Å². The summed E-state index contributed by atoms with van der Waals surface area (Å²) in [5, 5.41) is 6.52. The van der Waals surface area contributed by atoms with Crippen molar-refractivity contribution in [3.8, 4) is 11.5 Å². The molecule has 234 valence electrons. The molecule has 3 amide bonds. The number of anilines is 2. The number of carbonyl (C=O) groups excluding carboxylic acids is 3. The summed E-state index contributed by atoms with van der Waals surface area (Å²) in [7, 11) is 7.42. The smallest absolute Gasteiger partial charge is 0.323 e. The lowest BCUT2D eigenvalue weighted by atomic mass is 10.1. The summed E-state index contributed by atoms with van der Waals surface area (Å²) in [6, 6.07) is 17.1. The molecule has 45 heavy (non-hydrogen) atoms. The predicted molar refractivity (Wildman–Crippen MR) is 177 cm³/mol. The zero-order chi connectivity index (χ0) is 32.2. The molecule has 0 bridgehead atoms. The Kier molecular flexibility index (Phi) is 9.24. The van der Waals surface area contributed by atoms with Crippen LogP contribution in [0.4, 0.5) is 16.2 Å². The molecule has 1 aliphatic rings. The van der Waals surface area contributed by atoms with Gasteiger partial charge in [-0.25, -0.2) is 4.79 Å². The van der Waals surface area contributed by atoms with Crippen LogP contribution >= 0.6 is 0 Å². The number of aryl methyl sites for hydroxylation is 1. The third-order valence-corrected chi connectivity index (χ3v) is 7.93. The van der Waals surface area contributed by atoms with Crippen LogP contribution in [0.15, 0.2) is 66.4 Å². The number of Topliss-reactive ketones (excluding diaryl/α,β-unsaturated/α-hetero) is 1. The number of amides is 3. The molecule has 10 nitrogen and oxygen atoms in total. The summed E-state index contributed by atoms with van der Waals surface area (Å²) >= 11 is 0. The maximum Gasteiger partial charge on any atom is 0.323 e. The third kappa shape index (κ3) is 6.71. The van der Waals surface area contributed by atoms with Gasteiger partial charge in [-0.3, -0.25) is 9.59 Å². The molecule has 0 saturated carbocycles. The van der Waals surface area contributed by atoms with E-state index >= 15 is 0 Å². The number of urea groups is 1. The summed E-state index contributed by atoms with van der Waals surface area (Å²) in [5.74, 6) is 1.04. The van der Waals surface area contributed by atoms with Crippen molar-refractivity contribution in [3.63, 3.8) is 0 Å². The number of nitrogens with one attached hydrogen (secondary N) is 2. The topological polar surface area (TPSA) is 105 Å². The van der Waals surface area contributed by atoms with Crippen LogP contribution in [0.25, 0.3) is 17.0 Å². The highest BCUT2D eigenvalue weighted by Gasteiger charge is 2.29. The van der Waals surface area contributed by atoms with Gasteiger partial charge in [-0.15, -0.1) is 0 Å². The highest BCUT2D eigenvalue weighted by atomic mass is 16.5. The van der Waals surface area contributed by atoms with Crippen LogP contribution in [0.2, 0.25) is 0 Å². The van der Waals surface area contributed by atoms with E-state index < -0.39 is 6.03 Å². The normalized spacial score (nSPS) is 13.2. The fourth-order valence-electron chi connectivity index (χ4n) is 5.54. The zero-order valence-electron chi connectivity index (χ0n) is 26.6. The number of fused-ring (bicyclic) bond motifs is 2. The van der Waals surface area contributed by atoms with Gasteiger partial charge in [0, 0.05) is 59.2 Å². The first-order chi connectivity index (χ1) is 21.6. The number of ether oxygens (including phenoxy) is 2. The van der Waals surface area contributed by atoms with Crippen LogP contribution in [-0.4, -0.2) is 73.4 Å². The molecule has 0 spiro atoms. The molecule has 5 rings (SSSR count). The molecule has 0 aliphatic carbocycles. The highest BCUT2D eigenvalue weighted by molar-refractivity contribution is 6.16. The average molecular weight is 610 g/mol. The summed E-state index contributed by atoms with van der Waals surface area (Å²) in [5.41, 5.74) is 4.84. The molecule has 4 aromatic rings. The molecule has 1 aliphatic heterocycles. The number of carbonyl (C=O) groups is 3. The third-order valence-electron chi connectivity index (χ3n) is 7.93. The number of rotatable bonds is 10. The van der Waals surface area contributed by atoms with Gasteiger partial charge in [0.25, 0.3) is 5.91 Å². The van der Waals surface area contributed by atoms with Crippen LogP contribution in [0, 0.1) is 6.92 Å².